The molecule has 0 bridgehead atoms. The minimum atomic E-state index is -0.0443. The second kappa shape index (κ2) is 1.91. The molecule has 1 fully saturated rings. The Balaban J connectivity index is 2.03. The van der Waals surface area contributed by atoms with Crippen LogP contribution in [0.25, 0.3) is 0 Å². The van der Waals surface area contributed by atoms with Gasteiger partial charge in [0.1, 0.15) is 0 Å². The van der Waals surface area contributed by atoms with Crippen LogP contribution in [0.3, 0.4) is 0 Å². The Hall–Kier alpha value is -0.830. The van der Waals surface area contributed by atoms with Crippen molar-refractivity contribution in [2.24, 2.45) is 5.73 Å². The summed E-state index contributed by atoms with van der Waals surface area (Å²) < 4.78 is 2.11. The smallest absolute Gasteiger partial charge is 0.0826 e. The molecule has 2 heterocycles. The van der Waals surface area contributed by atoms with E-state index in [4.69, 9.17) is 5.73 Å². The van der Waals surface area contributed by atoms with Gasteiger partial charge in [0.2, 0.25) is 0 Å². The second-order valence-electron chi connectivity index (χ2n) is 4.00. The molecule has 1 aliphatic carbocycles. The summed E-state index contributed by atoms with van der Waals surface area (Å²) in [5.74, 6) is 0. The molecule has 0 amide bonds. The third kappa shape index (κ3) is 0.771. The lowest BCUT2D eigenvalue weighted by atomic mass is 10.2. The van der Waals surface area contributed by atoms with Gasteiger partial charge in [-0.1, -0.05) is 0 Å². The van der Waals surface area contributed by atoms with Crippen molar-refractivity contribution in [1.29, 1.82) is 0 Å². The van der Waals surface area contributed by atoms with Crippen LogP contribution in [0.4, 0.5) is 0 Å². The molecule has 1 aliphatic heterocycles. The maximum absolute atomic E-state index is 6.05. The molecule has 0 radical (unpaired) electrons. The minimum Gasteiger partial charge on any atom is -0.320 e. The van der Waals surface area contributed by atoms with E-state index in [2.05, 4.69) is 15.8 Å². The molecule has 2 N–H and O–H groups in total. The van der Waals surface area contributed by atoms with Gasteiger partial charge in [-0.2, -0.15) is 5.10 Å². The number of hydrogen-bond acceptors (Lipinski definition) is 2. The minimum absolute atomic E-state index is 0.0443. The molecule has 0 unspecified atom stereocenters. The molecular weight excluding hydrogens is 150 g/mol. The van der Waals surface area contributed by atoms with Gasteiger partial charge in [0.15, 0.2) is 0 Å². The van der Waals surface area contributed by atoms with Crippen molar-refractivity contribution in [3.63, 3.8) is 0 Å². The van der Waals surface area contributed by atoms with Crippen molar-refractivity contribution in [3.8, 4) is 0 Å². The van der Waals surface area contributed by atoms with E-state index in [0.29, 0.717) is 0 Å². The molecule has 2 aliphatic rings. The summed E-state index contributed by atoms with van der Waals surface area (Å²) in [4.78, 5) is 0. The van der Waals surface area contributed by atoms with E-state index in [1.165, 1.54) is 18.5 Å². The van der Waals surface area contributed by atoms with Gasteiger partial charge < -0.3 is 5.73 Å². The van der Waals surface area contributed by atoms with Crippen molar-refractivity contribution >= 4 is 0 Å². The fourth-order valence-electron chi connectivity index (χ4n) is 1.89. The highest BCUT2D eigenvalue weighted by atomic mass is 15.3. The molecule has 1 saturated carbocycles. The van der Waals surface area contributed by atoms with Crippen LogP contribution in [-0.2, 0) is 18.5 Å². The first-order valence-electron chi connectivity index (χ1n) is 4.64. The van der Waals surface area contributed by atoms with E-state index in [0.717, 1.165) is 25.1 Å². The fourth-order valence-corrected chi connectivity index (χ4v) is 1.89. The molecule has 3 rings (SSSR count). The first-order valence-corrected chi connectivity index (χ1v) is 4.64. The summed E-state index contributed by atoms with van der Waals surface area (Å²) in [6, 6.07) is 2.19. The van der Waals surface area contributed by atoms with E-state index in [-0.39, 0.29) is 5.54 Å². The highest BCUT2D eigenvalue weighted by Crippen LogP contribution is 2.42. The number of aryl methyl sites for hydroxylation is 2. The Morgan fingerprint density at radius 2 is 2.33 bits per heavy atom. The van der Waals surface area contributed by atoms with Crippen LogP contribution in [0.1, 0.15) is 30.7 Å². The van der Waals surface area contributed by atoms with Gasteiger partial charge in [-0.15, -0.1) is 0 Å². The monoisotopic (exact) mass is 163 g/mol. The van der Waals surface area contributed by atoms with E-state index >= 15 is 0 Å². The van der Waals surface area contributed by atoms with Crippen LogP contribution in [-0.4, -0.2) is 9.78 Å². The normalized spacial score (nSPS) is 24.1. The van der Waals surface area contributed by atoms with Crippen LogP contribution in [0, 0.1) is 0 Å². The summed E-state index contributed by atoms with van der Waals surface area (Å²) in [5.41, 5.74) is 8.51. The molecule has 12 heavy (non-hydrogen) atoms. The quantitative estimate of drug-likeness (QED) is 0.664. The fraction of sp³-hybridized carbons (Fsp3) is 0.667. The Kier molecular flexibility index (Phi) is 1.06. The largest absolute Gasteiger partial charge is 0.320 e. The zero-order chi connectivity index (χ0) is 8.18. The molecule has 0 aromatic carbocycles. The van der Waals surface area contributed by atoms with E-state index < -0.39 is 0 Å². The van der Waals surface area contributed by atoms with Crippen molar-refractivity contribution in [1.82, 2.24) is 9.78 Å². The topological polar surface area (TPSA) is 43.8 Å². The van der Waals surface area contributed by atoms with Crippen molar-refractivity contribution < 1.29 is 0 Å². The first kappa shape index (κ1) is 6.66. The SMILES string of the molecule is NC1(c2cc3n(n2)CCC3)CC1. The molecule has 1 aromatic heterocycles. The van der Waals surface area contributed by atoms with Gasteiger partial charge >= 0.3 is 0 Å². The van der Waals surface area contributed by atoms with Crippen LogP contribution < -0.4 is 5.73 Å². The van der Waals surface area contributed by atoms with Crippen LogP contribution >= 0.6 is 0 Å². The molecule has 3 nitrogen and oxygen atoms in total. The van der Waals surface area contributed by atoms with Gasteiger partial charge in [0.25, 0.3) is 0 Å². The maximum Gasteiger partial charge on any atom is 0.0826 e. The van der Waals surface area contributed by atoms with Gasteiger partial charge in [0.05, 0.1) is 11.2 Å². The Labute approximate surface area is 71.6 Å². The predicted molar refractivity (Wildman–Crippen MR) is 45.6 cm³/mol. The van der Waals surface area contributed by atoms with Crippen molar-refractivity contribution in [3.05, 3.63) is 17.5 Å². The van der Waals surface area contributed by atoms with Crippen LogP contribution in [0.2, 0.25) is 0 Å². The number of fused-ring (bicyclic) bond motifs is 1. The Morgan fingerprint density at radius 3 is 3.00 bits per heavy atom. The summed E-state index contributed by atoms with van der Waals surface area (Å²) in [5, 5.41) is 4.52. The number of hydrogen-bond donors (Lipinski definition) is 1. The zero-order valence-electron chi connectivity index (χ0n) is 7.08. The standard InChI is InChI=1S/C9H13N3/c10-9(3-4-9)8-6-7-2-1-5-12(7)11-8/h6H,1-5,10H2. The molecular formula is C9H13N3. The lowest BCUT2D eigenvalue weighted by molar-refractivity contribution is 0.610. The third-order valence-electron chi connectivity index (χ3n) is 2.96. The zero-order valence-corrected chi connectivity index (χ0v) is 7.08. The average molecular weight is 163 g/mol. The summed E-state index contributed by atoms with van der Waals surface area (Å²) in [6.07, 6.45) is 4.66. The van der Waals surface area contributed by atoms with Gasteiger partial charge in [-0.25, -0.2) is 0 Å². The summed E-state index contributed by atoms with van der Waals surface area (Å²) in [6.45, 7) is 1.09. The van der Waals surface area contributed by atoms with Gasteiger partial charge in [0, 0.05) is 12.2 Å². The highest BCUT2D eigenvalue weighted by Gasteiger charge is 2.42. The predicted octanol–water partition coefficient (Wildman–Crippen LogP) is 0.777. The number of rotatable bonds is 1. The number of aromatic nitrogens is 2. The van der Waals surface area contributed by atoms with Gasteiger partial charge in [-0.05, 0) is 31.7 Å². The maximum atomic E-state index is 6.05. The number of nitrogens with zero attached hydrogens (tertiary/aromatic N) is 2. The second-order valence-corrected chi connectivity index (χ2v) is 4.00. The molecule has 0 atom stereocenters. The molecule has 1 aromatic rings. The van der Waals surface area contributed by atoms with Crippen LogP contribution in [0.15, 0.2) is 6.07 Å². The van der Waals surface area contributed by atoms with Crippen molar-refractivity contribution in [2.75, 3.05) is 0 Å². The highest BCUT2D eigenvalue weighted by molar-refractivity contribution is 5.25. The molecule has 0 spiro atoms. The third-order valence-corrected chi connectivity index (χ3v) is 2.96. The Morgan fingerprint density at radius 1 is 1.50 bits per heavy atom. The summed E-state index contributed by atoms with van der Waals surface area (Å²) in [7, 11) is 0. The molecule has 0 saturated heterocycles. The lowest BCUT2D eigenvalue weighted by Gasteiger charge is -2.02. The average Bonchev–Trinajstić information content (AvgIpc) is 2.50. The van der Waals surface area contributed by atoms with E-state index in [1.54, 1.807) is 0 Å². The first-order chi connectivity index (χ1) is 5.78. The van der Waals surface area contributed by atoms with Crippen molar-refractivity contribution in [2.45, 2.75) is 37.8 Å². The van der Waals surface area contributed by atoms with E-state index in [9.17, 15) is 0 Å². The lowest BCUT2D eigenvalue weighted by Crippen LogP contribution is -2.19. The molecule has 64 valence electrons. The Bertz CT molecular complexity index is 301. The summed E-state index contributed by atoms with van der Waals surface area (Å²) >= 11 is 0. The molecule has 3 heteroatoms. The van der Waals surface area contributed by atoms with Crippen LogP contribution in [0.5, 0.6) is 0 Å². The number of nitrogens with two attached hydrogens (primary N) is 1. The van der Waals surface area contributed by atoms with E-state index in [1.807, 2.05) is 0 Å². The van der Waals surface area contributed by atoms with Gasteiger partial charge in [-0.3, -0.25) is 4.68 Å².